The molecule has 0 aliphatic heterocycles. The summed E-state index contributed by atoms with van der Waals surface area (Å²) in [5.41, 5.74) is 1.07. The first kappa shape index (κ1) is 17.0. The zero-order chi connectivity index (χ0) is 18.0. The predicted molar refractivity (Wildman–Crippen MR) is 90.0 cm³/mol. The molecule has 1 aromatic heterocycles. The number of benzene rings is 2. The molecule has 1 amide bonds. The molecule has 1 heterocycles. The quantitative estimate of drug-likeness (QED) is 0.764. The maximum Gasteiger partial charge on any atom is 0.270 e. The zero-order valence-corrected chi connectivity index (χ0v) is 13.4. The Hall–Kier alpha value is -2.86. The highest BCUT2D eigenvalue weighted by atomic mass is 19.2. The number of rotatable bonds is 4. The summed E-state index contributed by atoms with van der Waals surface area (Å²) in [5, 5.41) is 13.8. The van der Waals surface area contributed by atoms with Gasteiger partial charge in [0, 0.05) is 5.39 Å². The lowest BCUT2D eigenvalue weighted by Crippen LogP contribution is -2.37. The predicted octanol–water partition coefficient (Wildman–Crippen LogP) is 3.36. The van der Waals surface area contributed by atoms with Crippen molar-refractivity contribution in [3.63, 3.8) is 0 Å². The van der Waals surface area contributed by atoms with Crippen LogP contribution in [0.15, 0.2) is 54.6 Å². The largest absolute Gasteiger partial charge is 0.386 e. The monoisotopic (exact) mass is 342 g/mol. The lowest BCUT2D eigenvalue weighted by atomic mass is 10.0. The SMILES string of the molecule is CC(NC(=O)c1ccc2ccccc2n1)C(O)c1ccc(F)c(F)c1. The Bertz CT molecular complexity index is 930. The molecule has 2 aromatic carbocycles. The highest BCUT2D eigenvalue weighted by Gasteiger charge is 2.21. The number of aromatic nitrogens is 1. The molecule has 3 rings (SSSR count). The summed E-state index contributed by atoms with van der Waals surface area (Å²) in [6.45, 7) is 1.57. The van der Waals surface area contributed by atoms with Gasteiger partial charge in [0.15, 0.2) is 11.6 Å². The van der Waals surface area contributed by atoms with Crippen LogP contribution in [-0.4, -0.2) is 22.0 Å². The number of carbonyl (C=O) groups excluding carboxylic acids is 1. The number of aliphatic hydroxyl groups is 1. The van der Waals surface area contributed by atoms with Crippen molar-refractivity contribution >= 4 is 16.8 Å². The molecule has 25 heavy (non-hydrogen) atoms. The van der Waals surface area contributed by atoms with Crippen LogP contribution in [0.5, 0.6) is 0 Å². The number of halogens is 2. The highest BCUT2D eigenvalue weighted by molar-refractivity contribution is 5.95. The molecule has 0 radical (unpaired) electrons. The number of amides is 1. The molecule has 2 atom stereocenters. The van der Waals surface area contributed by atoms with Gasteiger partial charge in [-0.3, -0.25) is 4.79 Å². The number of carbonyl (C=O) groups is 1. The Morgan fingerprint density at radius 2 is 1.84 bits per heavy atom. The van der Waals surface area contributed by atoms with Gasteiger partial charge in [0.05, 0.1) is 17.7 Å². The summed E-state index contributed by atoms with van der Waals surface area (Å²) in [6, 6.07) is 13.2. The van der Waals surface area contributed by atoms with E-state index in [9.17, 15) is 18.7 Å². The van der Waals surface area contributed by atoms with E-state index < -0.39 is 29.7 Å². The topological polar surface area (TPSA) is 62.2 Å². The van der Waals surface area contributed by atoms with E-state index in [0.29, 0.717) is 5.52 Å². The first-order chi connectivity index (χ1) is 12.0. The van der Waals surface area contributed by atoms with Gasteiger partial charge in [0.1, 0.15) is 5.69 Å². The minimum atomic E-state index is -1.18. The minimum Gasteiger partial charge on any atom is -0.386 e. The van der Waals surface area contributed by atoms with Gasteiger partial charge in [-0.25, -0.2) is 13.8 Å². The normalized spacial score (nSPS) is 13.4. The number of aliphatic hydroxyl groups excluding tert-OH is 1. The third kappa shape index (κ3) is 3.64. The van der Waals surface area contributed by atoms with Gasteiger partial charge in [0.2, 0.25) is 0 Å². The van der Waals surface area contributed by atoms with Crippen molar-refractivity contribution in [2.75, 3.05) is 0 Å². The van der Waals surface area contributed by atoms with E-state index in [4.69, 9.17) is 0 Å². The van der Waals surface area contributed by atoms with Crippen molar-refractivity contribution in [1.29, 1.82) is 0 Å². The summed E-state index contributed by atoms with van der Waals surface area (Å²) in [5.74, 6) is -2.50. The maximum absolute atomic E-state index is 13.3. The van der Waals surface area contributed by atoms with Crippen LogP contribution in [0.4, 0.5) is 8.78 Å². The van der Waals surface area contributed by atoms with Crippen LogP contribution in [0, 0.1) is 11.6 Å². The van der Waals surface area contributed by atoms with E-state index in [1.54, 1.807) is 25.1 Å². The van der Waals surface area contributed by atoms with Crippen molar-refractivity contribution in [3.8, 4) is 0 Å². The number of nitrogens with one attached hydrogen (secondary N) is 1. The summed E-state index contributed by atoms with van der Waals surface area (Å²) >= 11 is 0. The molecule has 0 aliphatic carbocycles. The van der Waals surface area contributed by atoms with Crippen molar-refractivity contribution < 1.29 is 18.7 Å². The lowest BCUT2D eigenvalue weighted by molar-refractivity contribution is 0.0847. The van der Waals surface area contributed by atoms with E-state index in [-0.39, 0.29) is 11.3 Å². The Labute approximate surface area is 143 Å². The third-order valence-corrected chi connectivity index (χ3v) is 3.95. The van der Waals surface area contributed by atoms with E-state index in [2.05, 4.69) is 10.3 Å². The molecule has 0 fully saturated rings. The van der Waals surface area contributed by atoms with Crippen LogP contribution in [-0.2, 0) is 0 Å². The molecule has 0 bridgehead atoms. The lowest BCUT2D eigenvalue weighted by Gasteiger charge is -2.20. The van der Waals surface area contributed by atoms with Gasteiger partial charge < -0.3 is 10.4 Å². The number of nitrogens with zero attached hydrogens (tertiary/aromatic N) is 1. The molecule has 4 nitrogen and oxygen atoms in total. The summed E-state index contributed by atoms with van der Waals surface area (Å²) in [7, 11) is 0. The molecule has 0 aliphatic rings. The average molecular weight is 342 g/mol. The van der Waals surface area contributed by atoms with Gasteiger partial charge in [-0.2, -0.15) is 0 Å². The zero-order valence-electron chi connectivity index (χ0n) is 13.4. The van der Waals surface area contributed by atoms with Crippen molar-refractivity contribution in [2.45, 2.75) is 19.1 Å². The first-order valence-corrected chi connectivity index (χ1v) is 7.75. The summed E-state index contributed by atoms with van der Waals surface area (Å²) < 4.78 is 26.3. The second-order valence-electron chi connectivity index (χ2n) is 5.77. The van der Waals surface area contributed by atoms with Crippen molar-refractivity contribution in [3.05, 3.63) is 77.5 Å². The van der Waals surface area contributed by atoms with Crippen LogP contribution >= 0.6 is 0 Å². The van der Waals surface area contributed by atoms with Gasteiger partial charge in [-0.1, -0.05) is 30.3 Å². The second-order valence-corrected chi connectivity index (χ2v) is 5.77. The third-order valence-electron chi connectivity index (χ3n) is 3.95. The van der Waals surface area contributed by atoms with Gasteiger partial charge in [-0.15, -0.1) is 0 Å². The van der Waals surface area contributed by atoms with E-state index in [0.717, 1.165) is 17.5 Å². The average Bonchev–Trinajstić information content (AvgIpc) is 2.62. The van der Waals surface area contributed by atoms with E-state index in [1.165, 1.54) is 6.07 Å². The number of fused-ring (bicyclic) bond motifs is 1. The molecule has 6 heteroatoms. The Morgan fingerprint density at radius 1 is 1.08 bits per heavy atom. The summed E-state index contributed by atoms with van der Waals surface area (Å²) in [4.78, 5) is 16.6. The van der Waals surface area contributed by atoms with Crippen LogP contribution in [0.2, 0.25) is 0 Å². The molecule has 3 aromatic rings. The fraction of sp³-hybridized carbons (Fsp3) is 0.158. The Balaban J connectivity index is 1.75. The standard InChI is InChI=1S/C19H16F2N2O2/c1-11(18(24)13-6-8-14(20)15(21)10-13)22-19(25)17-9-7-12-4-2-3-5-16(12)23-17/h2-11,18,24H,1H3,(H,22,25). The Kier molecular flexibility index (Phi) is 4.72. The fourth-order valence-electron chi connectivity index (χ4n) is 2.54. The molecule has 2 N–H and O–H groups in total. The first-order valence-electron chi connectivity index (χ1n) is 7.75. The molecular formula is C19H16F2N2O2. The molecule has 2 unspecified atom stereocenters. The molecule has 0 saturated heterocycles. The van der Waals surface area contributed by atoms with Crippen molar-refractivity contribution in [2.24, 2.45) is 0 Å². The number of hydrogen-bond donors (Lipinski definition) is 2. The minimum absolute atomic E-state index is 0.179. The van der Waals surface area contributed by atoms with Crippen LogP contribution < -0.4 is 5.32 Å². The fourth-order valence-corrected chi connectivity index (χ4v) is 2.54. The summed E-state index contributed by atoms with van der Waals surface area (Å²) in [6.07, 6.45) is -1.18. The molecule has 0 spiro atoms. The molecule has 0 saturated carbocycles. The highest BCUT2D eigenvalue weighted by Crippen LogP contribution is 2.20. The maximum atomic E-state index is 13.3. The number of hydrogen-bond acceptors (Lipinski definition) is 3. The number of para-hydroxylation sites is 1. The van der Waals surface area contributed by atoms with Gasteiger partial charge >= 0.3 is 0 Å². The van der Waals surface area contributed by atoms with Crippen LogP contribution in [0.3, 0.4) is 0 Å². The van der Waals surface area contributed by atoms with E-state index >= 15 is 0 Å². The van der Waals surface area contributed by atoms with Gasteiger partial charge in [-0.05, 0) is 36.8 Å². The van der Waals surface area contributed by atoms with Crippen molar-refractivity contribution in [1.82, 2.24) is 10.3 Å². The van der Waals surface area contributed by atoms with E-state index in [1.807, 2.05) is 18.2 Å². The van der Waals surface area contributed by atoms with Crippen LogP contribution in [0.25, 0.3) is 10.9 Å². The van der Waals surface area contributed by atoms with Gasteiger partial charge in [0.25, 0.3) is 5.91 Å². The smallest absolute Gasteiger partial charge is 0.270 e. The Morgan fingerprint density at radius 3 is 2.60 bits per heavy atom. The number of pyridine rings is 1. The molecular weight excluding hydrogens is 326 g/mol. The molecule has 128 valence electrons. The second kappa shape index (κ2) is 6.94. The van der Waals surface area contributed by atoms with Crippen LogP contribution in [0.1, 0.15) is 29.1 Å².